The van der Waals surface area contributed by atoms with Crippen LogP contribution < -0.4 is 15.4 Å². The van der Waals surface area contributed by atoms with Gasteiger partial charge in [-0.2, -0.15) is 0 Å². The van der Waals surface area contributed by atoms with Crippen LogP contribution in [0.5, 0.6) is 5.75 Å². The second-order valence-electron chi connectivity index (χ2n) is 7.13. The molecule has 0 radical (unpaired) electrons. The van der Waals surface area contributed by atoms with Gasteiger partial charge in [-0.25, -0.2) is 0 Å². The number of hydrogen-bond acceptors (Lipinski definition) is 3. The lowest BCUT2D eigenvalue weighted by Crippen LogP contribution is -2.40. The van der Waals surface area contributed by atoms with E-state index in [0.29, 0.717) is 24.1 Å². The zero-order chi connectivity index (χ0) is 17.1. The van der Waals surface area contributed by atoms with Gasteiger partial charge in [-0.15, -0.1) is 0 Å². The van der Waals surface area contributed by atoms with Gasteiger partial charge < -0.3 is 15.4 Å². The maximum absolute atomic E-state index is 12.7. The molecule has 1 saturated heterocycles. The number of rotatable bonds is 5. The minimum Gasteiger partial charge on any atom is -0.496 e. The van der Waals surface area contributed by atoms with Gasteiger partial charge in [0.1, 0.15) is 5.75 Å². The average Bonchev–Trinajstić information content (AvgIpc) is 3.13. The van der Waals surface area contributed by atoms with Gasteiger partial charge in [0, 0.05) is 23.7 Å². The fourth-order valence-electron chi connectivity index (χ4n) is 4.42. The molecule has 0 spiro atoms. The first-order valence-corrected chi connectivity index (χ1v) is 8.95. The summed E-state index contributed by atoms with van der Waals surface area (Å²) in [6.45, 7) is 6.02. The summed E-state index contributed by atoms with van der Waals surface area (Å²) in [5.41, 5.74) is 1.51. The topological polar surface area (TPSA) is 50.4 Å². The van der Waals surface area contributed by atoms with Gasteiger partial charge in [-0.05, 0) is 50.1 Å². The van der Waals surface area contributed by atoms with E-state index in [1.165, 1.54) is 12.8 Å². The van der Waals surface area contributed by atoms with Gasteiger partial charge in [-0.1, -0.05) is 31.2 Å². The number of carbonyl (C=O) groups is 1. The van der Waals surface area contributed by atoms with Crippen molar-refractivity contribution in [1.82, 2.24) is 10.6 Å². The molecule has 130 valence electrons. The predicted octanol–water partition coefficient (Wildman–Crippen LogP) is 2.85. The highest BCUT2D eigenvalue weighted by molar-refractivity contribution is 6.20. The second kappa shape index (κ2) is 7.39. The minimum atomic E-state index is -0.0294. The van der Waals surface area contributed by atoms with Gasteiger partial charge in [0.15, 0.2) is 0 Å². The Labute approximate surface area is 144 Å². The van der Waals surface area contributed by atoms with Crippen molar-refractivity contribution in [2.45, 2.75) is 32.7 Å². The zero-order valence-corrected chi connectivity index (χ0v) is 14.8. The highest BCUT2D eigenvalue weighted by Gasteiger charge is 2.41. The number of allylic oxidation sites excluding steroid dienone is 1. The van der Waals surface area contributed by atoms with Crippen LogP contribution in [0.1, 0.15) is 32.3 Å². The van der Waals surface area contributed by atoms with E-state index in [0.717, 1.165) is 29.7 Å². The van der Waals surface area contributed by atoms with Crippen molar-refractivity contribution in [1.29, 1.82) is 0 Å². The van der Waals surface area contributed by atoms with Crippen LogP contribution in [0.3, 0.4) is 0 Å². The highest BCUT2D eigenvalue weighted by Crippen LogP contribution is 2.41. The molecule has 2 fully saturated rings. The van der Waals surface area contributed by atoms with E-state index in [9.17, 15) is 4.79 Å². The summed E-state index contributed by atoms with van der Waals surface area (Å²) in [5.74, 6) is 3.01. The molecule has 1 aromatic carbocycles. The molecule has 1 aliphatic carbocycles. The monoisotopic (exact) mass is 328 g/mol. The fourth-order valence-corrected chi connectivity index (χ4v) is 4.42. The van der Waals surface area contributed by atoms with Crippen LogP contribution in [-0.2, 0) is 4.79 Å². The van der Waals surface area contributed by atoms with E-state index >= 15 is 0 Å². The van der Waals surface area contributed by atoms with E-state index in [4.69, 9.17) is 4.74 Å². The van der Waals surface area contributed by atoms with Crippen molar-refractivity contribution < 1.29 is 9.53 Å². The van der Waals surface area contributed by atoms with Crippen molar-refractivity contribution >= 4 is 11.5 Å². The average molecular weight is 328 g/mol. The van der Waals surface area contributed by atoms with E-state index < -0.39 is 0 Å². The summed E-state index contributed by atoms with van der Waals surface area (Å²) in [6.07, 6.45) is 4.46. The Morgan fingerprint density at radius 3 is 2.92 bits per heavy atom. The number of amides is 1. The van der Waals surface area contributed by atoms with E-state index in [1.807, 2.05) is 37.3 Å². The van der Waals surface area contributed by atoms with Crippen LogP contribution >= 0.6 is 0 Å². The van der Waals surface area contributed by atoms with Crippen LogP contribution in [0.4, 0.5) is 0 Å². The van der Waals surface area contributed by atoms with E-state index in [-0.39, 0.29) is 5.91 Å². The Balaban J connectivity index is 1.64. The van der Waals surface area contributed by atoms with Crippen LogP contribution in [0.15, 0.2) is 30.3 Å². The molecule has 1 aliphatic heterocycles. The lowest BCUT2D eigenvalue weighted by Gasteiger charge is -2.20. The Hall–Kier alpha value is -1.81. The third-order valence-corrected chi connectivity index (χ3v) is 5.56. The van der Waals surface area contributed by atoms with Gasteiger partial charge in [0.2, 0.25) is 0 Å². The summed E-state index contributed by atoms with van der Waals surface area (Å²) in [4.78, 5) is 12.7. The first-order chi connectivity index (χ1) is 11.6. The predicted molar refractivity (Wildman–Crippen MR) is 96.8 cm³/mol. The summed E-state index contributed by atoms with van der Waals surface area (Å²) >= 11 is 0. The molecule has 2 aliphatic rings. The molecule has 1 unspecified atom stereocenters. The maximum atomic E-state index is 12.7. The maximum Gasteiger partial charge on any atom is 0.251 e. The number of hydrogen-bond donors (Lipinski definition) is 2. The summed E-state index contributed by atoms with van der Waals surface area (Å²) in [7, 11) is 1.63. The largest absolute Gasteiger partial charge is 0.496 e. The van der Waals surface area contributed by atoms with Crippen LogP contribution in [0.25, 0.3) is 5.57 Å². The molecule has 4 heteroatoms. The third-order valence-electron chi connectivity index (χ3n) is 5.56. The molecule has 1 amide bonds. The SMILES string of the molecule is CC=C(C(=O)NC[C@H]1NC[C@@H]2CC(C)C[C@@H]21)c1ccccc1OC. The number of carbonyl (C=O) groups excluding carboxylic acids is 1. The second-order valence-corrected chi connectivity index (χ2v) is 7.13. The lowest BCUT2D eigenvalue weighted by atomic mass is 9.94. The minimum absolute atomic E-state index is 0.0294. The highest BCUT2D eigenvalue weighted by atomic mass is 16.5. The molecular weight excluding hydrogens is 300 g/mol. The molecule has 0 bridgehead atoms. The molecule has 24 heavy (non-hydrogen) atoms. The Kier molecular flexibility index (Phi) is 5.24. The molecular formula is C20H28N2O2. The first kappa shape index (κ1) is 17.0. The summed E-state index contributed by atoms with van der Waals surface area (Å²) in [5, 5.41) is 6.72. The van der Waals surface area contributed by atoms with Crippen LogP contribution in [0.2, 0.25) is 0 Å². The lowest BCUT2D eigenvalue weighted by molar-refractivity contribution is -0.115. The van der Waals surface area contributed by atoms with Gasteiger partial charge in [0.05, 0.1) is 7.11 Å². The molecule has 1 saturated carbocycles. The van der Waals surface area contributed by atoms with Gasteiger partial charge >= 0.3 is 0 Å². The van der Waals surface area contributed by atoms with Crippen molar-refractivity contribution in [2.75, 3.05) is 20.2 Å². The number of fused-ring (bicyclic) bond motifs is 1. The Morgan fingerprint density at radius 2 is 2.17 bits per heavy atom. The van der Waals surface area contributed by atoms with Crippen LogP contribution in [-0.4, -0.2) is 32.1 Å². The number of para-hydroxylation sites is 1. The van der Waals surface area contributed by atoms with E-state index in [1.54, 1.807) is 7.11 Å². The van der Waals surface area contributed by atoms with Crippen molar-refractivity contribution in [3.05, 3.63) is 35.9 Å². The Morgan fingerprint density at radius 1 is 1.38 bits per heavy atom. The number of methoxy groups -OCH3 is 1. The molecule has 1 heterocycles. The van der Waals surface area contributed by atoms with E-state index in [2.05, 4.69) is 17.6 Å². The molecule has 4 nitrogen and oxygen atoms in total. The number of nitrogens with one attached hydrogen (secondary N) is 2. The molecule has 0 aromatic heterocycles. The molecule has 1 aromatic rings. The summed E-state index contributed by atoms with van der Waals surface area (Å²) < 4.78 is 5.39. The Bertz CT molecular complexity index is 626. The smallest absolute Gasteiger partial charge is 0.251 e. The fraction of sp³-hybridized carbons (Fsp3) is 0.550. The van der Waals surface area contributed by atoms with Crippen molar-refractivity contribution in [3.8, 4) is 5.75 Å². The number of ether oxygens (including phenoxy) is 1. The molecule has 4 atom stereocenters. The first-order valence-electron chi connectivity index (χ1n) is 8.95. The third kappa shape index (κ3) is 3.34. The quantitative estimate of drug-likeness (QED) is 0.817. The zero-order valence-electron chi connectivity index (χ0n) is 14.8. The van der Waals surface area contributed by atoms with Crippen molar-refractivity contribution in [2.24, 2.45) is 17.8 Å². The van der Waals surface area contributed by atoms with Crippen LogP contribution in [0, 0.1) is 17.8 Å². The molecule has 2 N–H and O–H groups in total. The van der Waals surface area contributed by atoms with Gasteiger partial charge in [-0.3, -0.25) is 4.79 Å². The van der Waals surface area contributed by atoms with Crippen molar-refractivity contribution in [3.63, 3.8) is 0 Å². The standard InChI is InChI=1S/C20H28N2O2/c1-4-15(16-7-5-6-8-19(16)24-3)20(23)22-12-18-17-10-13(2)9-14(17)11-21-18/h4-8,13-14,17-18,21H,9-12H2,1-3H3,(H,22,23)/t13?,14-,17-,18+/m0/s1. The number of benzene rings is 1. The molecule has 3 rings (SSSR count). The summed E-state index contributed by atoms with van der Waals surface area (Å²) in [6, 6.07) is 8.06. The van der Waals surface area contributed by atoms with Gasteiger partial charge in [0.25, 0.3) is 5.91 Å². The normalized spacial score (nSPS) is 29.4.